The van der Waals surface area contributed by atoms with Crippen LogP contribution in [0.2, 0.25) is 5.02 Å². The van der Waals surface area contributed by atoms with Gasteiger partial charge in [0.05, 0.1) is 12.0 Å². The van der Waals surface area contributed by atoms with Gasteiger partial charge in [-0.15, -0.1) is 0 Å². The number of likely N-dealkylation sites (tertiary alicyclic amines) is 1. The Morgan fingerprint density at radius 1 is 1.15 bits per heavy atom. The lowest BCUT2D eigenvalue weighted by Gasteiger charge is -2.35. The van der Waals surface area contributed by atoms with E-state index in [2.05, 4.69) is 30.0 Å². The third-order valence-electron chi connectivity index (χ3n) is 6.39. The number of rotatable bonds is 12. The number of nitrogens with one attached hydrogen (secondary N) is 2. The molecule has 3 atom stereocenters. The van der Waals surface area contributed by atoms with Crippen molar-refractivity contribution in [2.45, 2.75) is 51.6 Å². The molecule has 1 aliphatic rings. The number of amides is 1. The van der Waals surface area contributed by atoms with Crippen molar-refractivity contribution in [2.24, 2.45) is 11.8 Å². The first kappa shape index (κ1) is 29.0. The molecule has 194 valence electrons. The molecular weight excluding hydrogens is 498 g/mol. The van der Waals surface area contributed by atoms with Gasteiger partial charge in [0.2, 0.25) is 15.9 Å². The fourth-order valence-electron chi connectivity index (χ4n) is 4.17. The van der Waals surface area contributed by atoms with Crippen molar-refractivity contribution in [2.75, 3.05) is 37.9 Å². The molecule has 1 saturated heterocycles. The number of sulfonamides is 1. The second kappa shape index (κ2) is 12.7. The first-order valence-electron chi connectivity index (χ1n) is 11.6. The average Bonchev–Trinajstić information content (AvgIpc) is 2.73. The molecule has 8 nitrogen and oxygen atoms in total. The average molecular weight is 536 g/mol. The number of carbonyl (C=O) groups excluding carboxylic acids is 1. The third kappa shape index (κ3) is 10.6. The van der Waals surface area contributed by atoms with Crippen LogP contribution in [0, 0.1) is 11.8 Å². The zero-order valence-corrected chi connectivity index (χ0v) is 22.8. The van der Waals surface area contributed by atoms with Crippen molar-refractivity contribution >= 4 is 37.4 Å². The van der Waals surface area contributed by atoms with E-state index < -0.39 is 25.9 Å². The van der Waals surface area contributed by atoms with E-state index in [0.717, 1.165) is 43.3 Å². The Morgan fingerprint density at radius 3 is 2.35 bits per heavy atom. The van der Waals surface area contributed by atoms with Crippen molar-refractivity contribution in [3.8, 4) is 0 Å². The molecule has 11 heteroatoms. The number of piperidine rings is 1. The molecule has 0 spiro atoms. The minimum absolute atomic E-state index is 0.0751. The summed E-state index contributed by atoms with van der Waals surface area (Å²) in [6.45, 7) is 6.29. The summed E-state index contributed by atoms with van der Waals surface area (Å²) in [5.41, 5.74) is 1.22. The largest absolute Gasteiger partial charge is 0.341 e. The molecule has 1 aliphatic heterocycles. The molecule has 34 heavy (non-hydrogen) atoms. The van der Waals surface area contributed by atoms with Gasteiger partial charge in [-0.05, 0) is 68.7 Å². The maximum atomic E-state index is 12.9. The van der Waals surface area contributed by atoms with Crippen LogP contribution in [0.1, 0.15) is 38.7 Å². The van der Waals surface area contributed by atoms with Crippen molar-refractivity contribution < 1.29 is 21.6 Å². The third-order valence-corrected chi connectivity index (χ3v) is 8.31. The van der Waals surface area contributed by atoms with E-state index in [1.165, 1.54) is 5.56 Å². The van der Waals surface area contributed by atoms with E-state index in [9.17, 15) is 21.6 Å². The Bertz CT molecular complexity index is 1020. The lowest BCUT2D eigenvalue weighted by Crippen LogP contribution is -2.51. The molecule has 1 aromatic rings. The fraction of sp³-hybridized carbons (Fsp3) is 0.696. The highest BCUT2D eigenvalue weighted by molar-refractivity contribution is 7.90. The van der Waals surface area contributed by atoms with Gasteiger partial charge >= 0.3 is 0 Å². The predicted molar refractivity (Wildman–Crippen MR) is 137 cm³/mol. The van der Waals surface area contributed by atoms with Crippen LogP contribution in [0.3, 0.4) is 0 Å². The van der Waals surface area contributed by atoms with Crippen LogP contribution < -0.4 is 10.0 Å². The number of hydrogen-bond acceptors (Lipinski definition) is 6. The molecule has 0 aromatic heterocycles. The van der Waals surface area contributed by atoms with Gasteiger partial charge < -0.3 is 10.2 Å². The summed E-state index contributed by atoms with van der Waals surface area (Å²) in [5, 5.41) is 4.37. The van der Waals surface area contributed by atoms with Gasteiger partial charge in [-0.2, -0.15) is 0 Å². The Balaban J connectivity index is 1.82. The Hall–Kier alpha value is -1.20. The maximum Gasteiger partial charge on any atom is 0.240 e. The highest BCUT2D eigenvalue weighted by Gasteiger charge is 2.30. The van der Waals surface area contributed by atoms with Crippen LogP contribution in [0.5, 0.6) is 0 Å². The quantitative estimate of drug-likeness (QED) is 0.424. The zero-order valence-electron chi connectivity index (χ0n) is 20.5. The van der Waals surface area contributed by atoms with Crippen molar-refractivity contribution in [3.05, 3.63) is 34.9 Å². The summed E-state index contributed by atoms with van der Waals surface area (Å²) in [7, 11) is -6.96. The summed E-state index contributed by atoms with van der Waals surface area (Å²) < 4.78 is 48.7. The molecule has 1 amide bonds. The highest BCUT2D eigenvalue weighted by Crippen LogP contribution is 2.20. The Labute approximate surface area is 209 Å². The van der Waals surface area contributed by atoms with E-state index in [1.54, 1.807) is 4.90 Å². The molecule has 0 saturated carbocycles. The number of sulfone groups is 1. The van der Waals surface area contributed by atoms with E-state index in [-0.39, 0.29) is 18.1 Å². The Kier molecular flexibility index (Phi) is 10.8. The van der Waals surface area contributed by atoms with Crippen LogP contribution >= 0.6 is 11.6 Å². The molecule has 2 N–H and O–H groups in total. The highest BCUT2D eigenvalue weighted by atomic mass is 35.5. The van der Waals surface area contributed by atoms with Crippen molar-refractivity contribution in [1.82, 2.24) is 14.9 Å². The van der Waals surface area contributed by atoms with E-state index in [4.69, 9.17) is 11.6 Å². The lowest BCUT2D eigenvalue weighted by molar-refractivity contribution is -0.134. The van der Waals surface area contributed by atoms with E-state index in [1.807, 2.05) is 18.2 Å². The summed E-state index contributed by atoms with van der Waals surface area (Å²) in [4.78, 5) is 14.6. The molecule has 0 bridgehead atoms. The van der Waals surface area contributed by atoms with E-state index >= 15 is 0 Å². The van der Waals surface area contributed by atoms with Crippen LogP contribution in [-0.4, -0.2) is 77.6 Å². The minimum Gasteiger partial charge on any atom is -0.341 e. The van der Waals surface area contributed by atoms with Gasteiger partial charge in [0.25, 0.3) is 0 Å². The van der Waals surface area contributed by atoms with Gasteiger partial charge in [-0.3, -0.25) is 4.79 Å². The molecule has 0 aliphatic carbocycles. The molecule has 0 radical (unpaired) electrons. The van der Waals surface area contributed by atoms with Gasteiger partial charge in [0, 0.05) is 30.4 Å². The molecule has 1 heterocycles. The second-order valence-corrected chi connectivity index (χ2v) is 14.1. The first-order valence-corrected chi connectivity index (χ1v) is 16.0. The van der Waals surface area contributed by atoms with E-state index in [0.29, 0.717) is 31.0 Å². The predicted octanol–water partition coefficient (Wildman–Crippen LogP) is 2.09. The van der Waals surface area contributed by atoms with Crippen molar-refractivity contribution in [1.29, 1.82) is 0 Å². The second-order valence-electron chi connectivity index (χ2n) is 9.64. The smallest absolute Gasteiger partial charge is 0.240 e. The van der Waals surface area contributed by atoms with Crippen LogP contribution in [-0.2, 0) is 31.1 Å². The van der Waals surface area contributed by atoms with Crippen LogP contribution in [0.25, 0.3) is 0 Å². The first-order chi connectivity index (χ1) is 15.7. The van der Waals surface area contributed by atoms with Gasteiger partial charge in [0.1, 0.15) is 15.9 Å². The monoisotopic (exact) mass is 535 g/mol. The molecule has 3 unspecified atom stereocenters. The van der Waals surface area contributed by atoms with Crippen LogP contribution in [0.15, 0.2) is 24.3 Å². The minimum atomic E-state index is -3.65. The topological polar surface area (TPSA) is 113 Å². The van der Waals surface area contributed by atoms with Gasteiger partial charge in [-0.25, -0.2) is 21.6 Å². The summed E-state index contributed by atoms with van der Waals surface area (Å²) in [6.07, 6.45) is 4.53. The fourth-order valence-corrected chi connectivity index (χ4v) is 5.78. The standard InChI is InChI=1S/C23H38ClN3O5S2/c1-17(14-20-6-5-7-21(24)15-20)18(2)25-16-19-8-11-27(12-9-19)23(28)22(26-34(4,31)32)10-13-33(3,29)30/h5-7,15,17-19,22,25-26H,8-14,16H2,1-4H3. The summed E-state index contributed by atoms with van der Waals surface area (Å²) >= 11 is 6.09. The number of nitrogens with zero attached hydrogens (tertiary/aromatic N) is 1. The summed E-state index contributed by atoms with van der Waals surface area (Å²) in [5.74, 6) is 0.237. The molecule has 2 rings (SSSR count). The number of benzene rings is 1. The molecule has 1 aromatic carbocycles. The van der Waals surface area contributed by atoms with Crippen LogP contribution in [0.4, 0.5) is 0 Å². The normalized spacial score (nSPS) is 18.4. The molecular formula is C23H38ClN3O5S2. The Morgan fingerprint density at radius 2 is 1.79 bits per heavy atom. The number of carbonyl (C=O) groups is 1. The lowest BCUT2D eigenvalue weighted by atomic mass is 9.92. The van der Waals surface area contributed by atoms with Crippen molar-refractivity contribution in [3.63, 3.8) is 0 Å². The maximum absolute atomic E-state index is 12.9. The SMILES string of the molecule is CC(Cc1cccc(Cl)c1)C(C)NCC1CCN(C(=O)C(CCS(C)(=O)=O)NS(C)(=O)=O)CC1. The molecule has 1 fully saturated rings. The van der Waals surface area contributed by atoms with Gasteiger partial charge in [-0.1, -0.05) is 30.7 Å². The summed E-state index contributed by atoms with van der Waals surface area (Å²) in [6, 6.07) is 7.18. The zero-order chi connectivity index (χ0) is 25.5. The van der Waals surface area contributed by atoms with Gasteiger partial charge in [0.15, 0.2) is 0 Å². The number of hydrogen-bond donors (Lipinski definition) is 2. The number of halogens is 1.